The van der Waals surface area contributed by atoms with Crippen LogP contribution in [-0.2, 0) is 0 Å². The minimum atomic E-state index is 0.382. The molecule has 0 saturated carbocycles. The number of benzene rings is 2. The number of hydrogen-bond acceptors (Lipinski definition) is 2. The molecule has 114 valence electrons. The van der Waals surface area contributed by atoms with E-state index in [1.54, 1.807) is 7.11 Å². The first kappa shape index (κ1) is 15.8. The Bertz CT molecular complexity index is 579. The first-order chi connectivity index (χ1) is 10.2. The van der Waals surface area contributed by atoms with E-state index in [1.165, 1.54) is 35.6 Å². The van der Waals surface area contributed by atoms with Gasteiger partial charge in [0.05, 0.1) is 7.11 Å². The van der Waals surface area contributed by atoms with Gasteiger partial charge in [0.15, 0.2) is 0 Å². The Hall–Kier alpha value is -1.54. The van der Waals surface area contributed by atoms with Crippen molar-refractivity contribution in [1.82, 2.24) is 5.32 Å². The molecule has 1 N–H and O–H groups in total. The highest BCUT2D eigenvalue weighted by molar-refractivity contribution is 5.84. The van der Waals surface area contributed by atoms with Gasteiger partial charge < -0.3 is 10.1 Å². The summed E-state index contributed by atoms with van der Waals surface area (Å²) in [4.78, 5) is 0. The third kappa shape index (κ3) is 3.98. The van der Waals surface area contributed by atoms with E-state index in [2.05, 4.69) is 56.4 Å². The highest BCUT2D eigenvalue weighted by Gasteiger charge is 2.11. The van der Waals surface area contributed by atoms with E-state index in [1.807, 2.05) is 6.07 Å². The van der Waals surface area contributed by atoms with E-state index in [0.717, 1.165) is 5.75 Å². The lowest BCUT2D eigenvalue weighted by molar-refractivity contribution is 0.415. The number of ether oxygens (including phenoxy) is 1. The molecule has 0 aliphatic carbocycles. The van der Waals surface area contributed by atoms with Crippen molar-refractivity contribution in [1.29, 1.82) is 0 Å². The van der Waals surface area contributed by atoms with Gasteiger partial charge in [-0.2, -0.15) is 0 Å². The Morgan fingerprint density at radius 1 is 1.05 bits per heavy atom. The van der Waals surface area contributed by atoms with Crippen LogP contribution in [0.1, 0.15) is 51.6 Å². The number of hydrogen-bond donors (Lipinski definition) is 1. The molecule has 0 aliphatic rings. The molecular formula is C19H27NO. The van der Waals surface area contributed by atoms with Crippen LogP contribution in [0.4, 0.5) is 0 Å². The van der Waals surface area contributed by atoms with Gasteiger partial charge in [0.25, 0.3) is 0 Å². The van der Waals surface area contributed by atoms with Crippen molar-refractivity contribution in [2.45, 2.75) is 52.1 Å². The van der Waals surface area contributed by atoms with Gasteiger partial charge in [-0.15, -0.1) is 0 Å². The van der Waals surface area contributed by atoms with Gasteiger partial charge in [0.1, 0.15) is 5.75 Å². The molecule has 2 atom stereocenters. The summed E-state index contributed by atoms with van der Waals surface area (Å²) in [6.07, 6.45) is 3.66. The van der Waals surface area contributed by atoms with E-state index in [0.29, 0.717) is 12.1 Å². The topological polar surface area (TPSA) is 21.3 Å². The zero-order valence-electron chi connectivity index (χ0n) is 13.6. The van der Waals surface area contributed by atoms with E-state index < -0.39 is 0 Å². The van der Waals surface area contributed by atoms with Crippen LogP contribution in [-0.4, -0.2) is 13.2 Å². The van der Waals surface area contributed by atoms with Crippen molar-refractivity contribution < 1.29 is 4.74 Å². The maximum Gasteiger partial charge on any atom is 0.119 e. The smallest absolute Gasteiger partial charge is 0.119 e. The summed E-state index contributed by atoms with van der Waals surface area (Å²) in [6.45, 7) is 6.76. The zero-order chi connectivity index (χ0) is 15.2. The van der Waals surface area contributed by atoms with Crippen LogP contribution >= 0.6 is 0 Å². The third-order valence-corrected chi connectivity index (χ3v) is 4.19. The second-order valence-corrected chi connectivity index (χ2v) is 5.75. The maximum atomic E-state index is 5.28. The van der Waals surface area contributed by atoms with Gasteiger partial charge in [-0.25, -0.2) is 0 Å². The number of nitrogens with one attached hydrogen (secondary N) is 1. The molecular weight excluding hydrogens is 258 g/mol. The summed E-state index contributed by atoms with van der Waals surface area (Å²) in [7, 11) is 1.71. The highest BCUT2D eigenvalue weighted by Crippen LogP contribution is 2.24. The van der Waals surface area contributed by atoms with Crippen molar-refractivity contribution in [2.75, 3.05) is 7.11 Å². The van der Waals surface area contributed by atoms with E-state index in [-0.39, 0.29) is 0 Å². The second kappa shape index (κ2) is 7.46. The molecule has 2 aromatic rings. The van der Waals surface area contributed by atoms with Gasteiger partial charge in [-0.05, 0) is 54.3 Å². The summed E-state index contributed by atoms with van der Waals surface area (Å²) < 4.78 is 5.28. The minimum absolute atomic E-state index is 0.382. The van der Waals surface area contributed by atoms with Crippen LogP contribution in [0.5, 0.6) is 5.75 Å². The standard InChI is InChI=1S/C19H27NO/c1-5-7-18(6-2)20-14(3)15-8-9-17-13-19(21-4)11-10-16(17)12-15/h8-14,18,20H,5-7H2,1-4H3. The lowest BCUT2D eigenvalue weighted by atomic mass is 10.0. The monoisotopic (exact) mass is 285 g/mol. The quantitative estimate of drug-likeness (QED) is 0.766. The van der Waals surface area contributed by atoms with E-state index in [4.69, 9.17) is 4.74 Å². The fourth-order valence-corrected chi connectivity index (χ4v) is 2.84. The Balaban J connectivity index is 2.17. The van der Waals surface area contributed by atoms with Crippen LogP contribution in [0.15, 0.2) is 36.4 Å². The molecule has 0 aliphatic heterocycles. The molecule has 2 unspecified atom stereocenters. The summed E-state index contributed by atoms with van der Waals surface area (Å²) >= 11 is 0. The average Bonchev–Trinajstić information content (AvgIpc) is 2.53. The molecule has 2 heteroatoms. The summed E-state index contributed by atoms with van der Waals surface area (Å²) in [5.74, 6) is 0.912. The van der Waals surface area contributed by atoms with Crippen LogP contribution in [0.25, 0.3) is 10.8 Å². The fraction of sp³-hybridized carbons (Fsp3) is 0.474. The van der Waals surface area contributed by atoms with Gasteiger partial charge in [-0.3, -0.25) is 0 Å². The van der Waals surface area contributed by atoms with E-state index in [9.17, 15) is 0 Å². The first-order valence-electron chi connectivity index (χ1n) is 8.01. The van der Waals surface area contributed by atoms with Crippen molar-refractivity contribution in [3.63, 3.8) is 0 Å². The number of rotatable bonds is 7. The molecule has 0 heterocycles. The molecule has 0 spiro atoms. The largest absolute Gasteiger partial charge is 0.497 e. The molecule has 0 bridgehead atoms. The number of methoxy groups -OCH3 is 1. The van der Waals surface area contributed by atoms with Gasteiger partial charge in [0, 0.05) is 12.1 Å². The number of fused-ring (bicyclic) bond motifs is 1. The van der Waals surface area contributed by atoms with Crippen LogP contribution in [0, 0.1) is 0 Å². The fourth-order valence-electron chi connectivity index (χ4n) is 2.84. The van der Waals surface area contributed by atoms with Gasteiger partial charge >= 0.3 is 0 Å². The zero-order valence-corrected chi connectivity index (χ0v) is 13.6. The summed E-state index contributed by atoms with van der Waals surface area (Å²) in [5.41, 5.74) is 1.35. The third-order valence-electron chi connectivity index (χ3n) is 4.19. The van der Waals surface area contributed by atoms with Crippen LogP contribution in [0.2, 0.25) is 0 Å². The molecule has 2 nitrogen and oxygen atoms in total. The SMILES string of the molecule is CCCC(CC)NC(C)c1ccc2cc(OC)ccc2c1. The predicted molar refractivity (Wildman–Crippen MR) is 91.0 cm³/mol. The van der Waals surface area contributed by atoms with Crippen molar-refractivity contribution in [3.05, 3.63) is 42.0 Å². The van der Waals surface area contributed by atoms with Crippen molar-refractivity contribution in [3.8, 4) is 5.75 Å². The van der Waals surface area contributed by atoms with E-state index >= 15 is 0 Å². The predicted octanol–water partition coefficient (Wildman–Crippen LogP) is 5.08. The Labute approximate surface area is 128 Å². The minimum Gasteiger partial charge on any atom is -0.497 e. The molecule has 0 saturated heterocycles. The molecule has 0 radical (unpaired) electrons. The van der Waals surface area contributed by atoms with Crippen LogP contribution < -0.4 is 10.1 Å². The van der Waals surface area contributed by atoms with Crippen LogP contribution in [0.3, 0.4) is 0 Å². The highest BCUT2D eigenvalue weighted by atomic mass is 16.5. The normalized spacial score (nSPS) is 14.1. The molecule has 2 aromatic carbocycles. The molecule has 0 amide bonds. The Morgan fingerprint density at radius 3 is 2.43 bits per heavy atom. The summed E-state index contributed by atoms with van der Waals surface area (Å²) in [5, 5.41) is 6.24. The average molecular weight is 285 g/mol. The molecule has 2 rings (SSSR count). The van der Waals surface area contributed by atoms with Crippen molar-refractivity contribution >= 4 is 10.8 Å². The van der Waals surface area contributed by atoms with Crippen molar-refractivity contribution in [2.24, 2.45) is 0 Å². The molecule has 0 aromatic heterocycles. The molecule has 21 heavy (non-hydrogen) atoms. The Morgan fingerprint density at radius 2 is 1.76 bits per heavy atom. The Kier molecular flexibility index (Phi) is 5.63. The summed E-state index contributed by atoms with van der Waals surface area (Å²) in [6, 6.07) is 13.9. The molecule has 0 fully saturated rings. The lowest BCUT2D eigenvalue weighted by Gasteiger charge is -2.22. The maximum absolute atomic E-state index is 5.28. The lowest BCUT2D eigenvalue weighted by Crippen LogP contribution is -2.30. The van der Waals surface area contributed by atoms with Gasteiger partial charge in [0.2, 0.25) is 0 Å². The first-order valence-corrected chi connectivity index (χ1v) is 8.01. The second-order valence-electron chi connectivity index (χ2n) is 5.75. The van der Waals surface area contributed by atoms with Gasteiger partial charge in [-0.1, -0.05) is 38.5 Å².